The Kier molecular flexibility index (Phi) is 4.25. The smallest absolute Gasteiger partial charge is 0.274 e. The molecule has 3 aromatic heterocycles. The maximum Gasteiger partial charge on any atom is 0.274 e. The van der Waals surface area contributed by atoms with Gasteiger partial charge in [0.05, 0.1) is 0 Å². The van der Waals surface area contributed by atoms with Gasteiger partial charge in [-0.3, -0.25) is 14.5 Å². The summed E-state index contributed by atoms with van der Waals surface area (Å²) in [6.45, 7) is 5.26. The number of hydrogen-bond donors (Lipinski definition) is 0. The van der Waals surface area contributed by atoms with Crippen LogP contribution in [0.25, 0.3) is 11.5 Å². The lowest BCUT2D eigenvalue weighted by Crippen LogP contribution is -2.47. The van der Waals surface area contributed by atoms with Crippen molar-refractivity contribution in [2.24, 2.45) is 7.05 Å². The van der Waals surface area contributed by atoms with Crippen molar-refractivity contribution in [3.8, 4) is 11.5 Å². The molecule has 0 aliphatic carbocycles. The minimum absolute atomic E-state index is 0.0533. The molecule has 0 saturated carbocycles. The molecule has 8 nitrogen and oxygen atoms in total. The molecule has 1 unspecified atom stereocenters. The zero-order valence-electron chi connectivity index (χ0n) is 15.7. The summed E-state index contributed by atoms with van der Waals surface area (Å²) in [6.07, 6.45) is 5.16. The third-order valence-corrected chi connectivity index (χ3v) is 5.21. The van der Waals surface area contributed by atoms with Gasteiger partial charge in [-0.2, -0.15) is 10.1 Å². The molecule has 27 heavy (non-hydrogen) atoms. The van der Waals surface area contributed by atoms with Crippen molar-refractivity contribution in [2.75, 3.05) is 13.1 Å². The van der Waals surface area contributed by atoms with Crippen LogP contribution in [0.3, 0.4) is 0 Å². The quantitative estimate of drug-likeness (QED) is 0.707. The van der Waals surface area contributed by atoms with E-state index in [9.17, 15) is 4.79 Å². The first-order valence-electron chi connectivity index (χ1n) is 9.01. The third-order valence-electron chi connectivity index (χ3n) is 5.21. The molecule has 1 saturated heterocycles. The Morgan fingerprint density at radius 1 is 1.30 bits per heavy atom. The summed E-state index contributed by atoms with van der Waals surface area (Å²) in [5.74, 6) is 1.05. The first-order chi connectivity index (χ1) is 13.0. The van der Waals surface area contributed by atoms with E-state index in [0.29, 0.717) is 30.5 Å². The molecule has 8 heteroatoms. The van der Waals surface area contributed by atoms with Gasteiger partial charge in [0.2, 0.25) is 0 Å². The number of piperidine rings is 1. The van der Waals surface area contributed by atoms with Crippen LogP contribution in [-0.2, 0) is 12.5 Å². The van der Waals surface area contributed by atoms with Gasteiger partial charge in [0.15, 0.2) is 11.5 Å². The highest BCUT2D eigenvalue weighted by atomic mass is 16.5. The summed E-state index contributed by atoms with van der Waals surface area (Å²) >= 11 is 0. The van der Waals surface area contributed by atoms with Crippen molar-refractivity contribution in [3.63, 3.8) is 0 Å². The molecular formula is C19H22N6O2. The van der Waals surface area contributed by atoms with Crippen molar-refractivity contribution in [2.45, 2.75) is 32.1 Å². The molecule has 1 fully saturated rings. The highest BCUT2D eigenvalue weighted by Crippen LogP contribution is 2.33. The zero-order chi connectivity index (χ0) is 19.0. The van der Waals surface area contributed by atoms with Gasteiger partial charge in [-0.25, -0.2) is 0 Å². The Balaban J connectivity index is 1.56. The standard InChI is InChI=1S/C19H22N6O2/c1-13-11-15(22-24(13)3)17(26)25-10-4-7-19(2,12-25)18-21-16(27-23-18)14-5-8-20-9-6-14/h5-6,8-9,11H,4,7,10,12H2,1-3H3. The average molecular weight is 366 g/mol. The number of carbonyl (C=O) groups is 1. The molecule has 140 valence electrons. The molecule has 3 aromatic rings. The van der Waals surface area contributed by atoms with Crippen molar-refractivity contribution in [1.29, 1.82) is 0 Å². The van der Waals surface area contributed by atoms with Gasteiger partial charge in [0, 0.05) is 49.2 Å². The lowest BCUT2D eigenvalue weighted by Gasteiger charge is -2.38. The van der Waals surface area contributed by atoms with Crippen LogP contribution < -0.4 is 0 Å². The number of nitrogens with zero attached hydrogens (tertiary/aromatic N) is 6. The molecule has 0 radical (unpaired) electrons. The maximum atomic E-state index is 12.9. The second-order valence-corrected chi connectivity index (χ2v) is 7.34. The van der Waals surface area contributed by atoms with E-state index in [-0.39, 0.29) is 11.3 Å². The Morgan fingerprint density at radius 2 is 2.07 bits per heavy atom. The first-order valence-corrected chi connectivity index (χ1v) is 9.01. The Morgan fingerprint density at radius 3 is 2.78 bits per heavy atom. The van der Waals surface area contributed by atoms with E-state index in [1.807, 2.05) is 37.1 Å². The fourth-order valence-corrected chi connectivity index (χ4v) is 3.50. The van der Waals surface area contributed by atoms with Gasteiger partial charge in [-0.15, -0.1) is 0 Å². The van der Waals surface area contributed by atoms with E-state index in [1.54, 1.807) is 17.1 Å². The van der Waals surface area contributed by atoms with Crippen LogP contribution in [0, 0.1) is 6.92 Å². The number of pyridine rings is 1. The van der Waals surface area contributed by atoms with Crippen molar-refractivity contribution in [1.82, 2.24) is 29.8 Å². The fraction of sp³-hybridized carbons (Fsp3) is 0.421. The second-order valence-electron chi connectivity index (χ2n) is 7.34. The minimum atomic E-state index is -0.355. The molecule has 0 N–H and O–H groups in total. The van der Waals surface area contributed by atoms with E-state index in [2.05, 4.69) is 27.1 Å². The Hall–Kier alpha value is -3.03. The van der Waals surface area contributed by atoms with Gasteiger partial charge >= 0.3 is 0 Å². The van der Waals surface area contributed by atoms with Crippen molar-refractivity contribution >= 4 is 5.91 Å². The average Bonchev–Trinajstić information content (AvgIpc) is 3.30. The topological polar surface area (TPSA) is 89.9 Å². The number of hydrogen-bond acceptors (Lipinski definition) is 6. The molecule has 0 aromatic carbocycles. The molecule has 0 bridgehead atoms. The van der Waals surface area contributed by atoms with Crippen LogP contribution in [0.2, 0.25) is 0 Å². The minimum Gasteiger partial charge on any atom is -0.336 e. The van der Waals surface area contributed by atoms with E-state index in [0.717, 1.165) is 24.1 Å². The zero-order valence-corrected chi connectivity index (χ0v) is 15.7. The molecule has 1 atom stereocenters. The summed E-state index contributed by atoms with van der Waals surface area (Å²) in [5.41, 5.74) is 1.91. The SMILES string of the molecule is Cc1cc(C(=O)N2CCCC(C)(c3noc(-c4ccncc4)n3)C2)nn1C. The number of aromatic nitrogens is 5. The van der Waals surface area contributed by atoms with Crippen molar-refractivity contribution < 1.29 is 9.32 Å². The van der Waals surface area contributed by atoms with Gasteiger partial charge in [0.25, 0.3) is 11.8 Å². The van der Waals surface area contributed by atoms with Crippen LogP contribution in [0.1, 0.15) is 41.8 Å². The number of rotatable bonds is 3. The molecule has 1 aliphatic rings. The molecule has 1 aliphatic heterocycles. The number of aryl methyl sites for hydroxylation is 2. The third kappa shape index (κ3) is 3.22. The van der Waals surface area contributed by atoms with Gasteiger partial charge in [-0.1, -0.05) is 12.1 Å². The van der Waals surface area contributed by atoms with Crippen LogP contribution in [0.5, 0.6) is 0 Å². The van der Waals surface area contributed by atoms with E-state index >= 15 is 0 Å². The number of carbonyl (C=O) groups excluding carboxylic acids is 1. The lowest BCUT2D eigenvalue weighted by molar-refractivity contribution is 0.0635. The number of amides is 1. The van der Waals surface area contributed by atoms with Crippen LogP contribution in [0.15, 0.2) is 35.1 Å². The monoisotopic (exact) mass is 366 g/mol. The fourth-order valence-electron chi connectivity index (χ4n) is 3.50. The van der Waals surface area contributed by atoms with Crippen molar-refractivity contribution in [3.05, 3.63) is 47.8 Å². The summed E-state index contributed by atoms with van der Waals surface area (Å²) in [7, 11) is 1.84. The normalized spacial score (nSPS) is 20.0. The van der Waals surface area contributed by atoms with Crippen LogP contribution in [-0.4, -0.2) is 48.8 Å². The molecule has 4 rings (SSSR count). The summed E-state index contributed by atoms with van der Waals surface area (Å²) in [6, 6.07) is 5.49. The summed E-state index contributed by atoms with van der Waals surface area (Å²) in [5, 5.41) is 8.53. The first kappa shape index (κ1) is 17.4. The highest BCUT2D eigenvalue weighted by Gasteiger charge is 2.39. The van der Waals surface area contributed by atoms with Gasteiger partial charge < -0.3 is 9.42 Å². The summed E-state index contributed by atoms with van der Waals surface area (Å²) < 4.78 is 7.18. The second kappa shape index (κ2) is 6.61. The predicted octanol–water partition coefficient (Wildman–Crippen LogP) is 2.37. The Bertz CT molecular complexity index is 944. The molecule has 0 spiro atoms. The summed E-state index contributed by atoms with van der Waals surface area (Å²) in [4.78, 5) is 23.3. The molecule has 1 amide bonds. The van der Waals surface area contributed by atoms with Crippen LogP contribution in [0.4, 0.5) is 0 Å². The Labute approximate surface area is 157 Å². The highest BCUT2D eigenvalue weighted by molar-refractivity contribution is 5.92. The number of likely N-dealkylation sites (tertiary alicyclic amines) is 1. The molecular weight excluding hydrogens is 344 g/mol. The van der Waals surface area contributed by atoms with Gasteiger partial charge in [0.1, 0.15) is 0 Å². The molecule has 4 heterocycles. The van der Waals surface area contributed by atoms with E-state index < -0.39 is 0 Å². The van der Waals surface area contributed by atoms with E-state index in [4.69, 9.17) is 4.52 Å². The van der Waals surface area contributed by atoms with Gasteiger partial charge in [-0.05, 0) is 38.0 Å². The predicted molar refractivity (Wildman–Crippen MR) is 98.0 cm³/mol. The van der Waals surface area contributed by atoms with E-state index in [1.165, 1.54) is 0 Å². The lowest BCUT2D eigenvalue weighted by atomic mass is 9.81. The van der Waals surface area contributed by atoms with Crippen LogP contribution >= 0.6 is 0 Å². The maximum absolute atomic E-state index is 12.9. The largest absolute Gasteiger partial charge is 0.336 e.